The Labute approximate surface area is 110 Å². The number of amides is 1. The molecule has 100 valence electrons. The number of primary amides is 1. The van der Waals surface area contributed by atoms with Crippen molar-refractivity contribution in [1.82, 2.24) is 0 Å². The average Bonchev–Trinajstić information content (AvgIpc) is 2.34. The van der Waals surface area contributed by atoms with Crippen LogP contribution in [-0.4, -0.2) is 23.4 Å². The summed E-state index contributed by atoms with van der Waals surface area (Å²) in [4.78, 5) is 22.8. The molecule has 0 fully saturated rings. The van der Waals surface area contributed by atoms with E-state index in [1.165, 1.54) is 18.2 Å². The van der Waals surface area contributed by atoms with Gasteiger partial charge in [0.05, 0.1) is 11.5 Å². The third kappa shape index (κ3) is 3.42. The van der Waals surface area contributed by atoms with Crippen molar-refractivity contribution in [3.8, 4) is 6.07 Å². The Morgan fingerprint density at radius 2 is 2.21 bits per heavy atom. The van der Waals surface area contributed by atoms with Gasteiger partial charge in [0.2, 0.25) is 5.91 Å². The van der Waals surface area contributed by atoms with Crippen molar-refractivity contribution in [3.05, 3.63) is 33.9 Å². The van der Waals surface area contributed by atoms with Gasteiger partial charge < -0.3 is 10.6 Å². The van der Waals surface area contributed by atoms with Gasteiger partial charge in [-0.15, -0.1) is 0 Å². The second kappa shape index (κ2) is 5.82. The van der Waals surface area contributed by atoms with Crippen LogP contribution in [0.25, 0.3) is 0 Å². The minimum atomic E-state index is -0.615. The average molecular weight is 262 g/mol. The summed E-state index contributed by atoms with van der Waals surface area (Å²) in [6, 6.07) is 5.90. The van der Waals surface area contributed by atoms with Crippen molar-refractivity contribution in [2.75, 3.05) is 11.4 Å². The lowest BCUT2D eigenvalue weighted by Crippen LogP contribution is -2.38. The molecule has 0 radical (unpaired) electrons. The van der Waals surface area contributed by atoms with Crippen LogP contribution in [0.4, 0.5) is 11.4 Å². The monoisotopic (exact) mass is 262 g/mol. The van der Waals surface area contributed by atoms with Crippen molar-refractivity contribution in [2.24, 2.45) is 5.73 Å². The van der Waals surface area contributed by atoms with E-state index in [1.54, 1.807) is 11.0 Å². The molecule has 0 saturated heterocycles. The molecule has 0 aliphatic carbocycles. The van der Waals surface area contributed by atoms with E-state index in [-0.39, 0.29) is 23.8 Å². The van der Waals surface area contributed by atoms with E-state index in [0.29, 0.717) is 5.69 Å². The zero-order chi connectivity index (χ0) is 14.6. The van der Waals surface area contributed by atoms with Gasteiger partial charge in [0.15, 0.2) is 0 Å². The first-order chi connectivity index (χ1) is 8.86. The maximum atomic E-state index is 11.0. The third-order valence-electron chi connectivity index (χ3n) is 2.58. The molecule has 1 aromatic rings. The first-order valence-electron chi connectivity index (χ1n) is 5.60. The molecular weight excluding hydrogens is 248 g/mol. The van der Waals surface area contributed by atoms with E-state index in [4.69, 9.17) is 11.0 Å². The van der Waals surface area contributed by atoms with Crippen LogP contribution in [0.1, 0.15) is 19.4 Å². The zero-order valence-corrected chi connectivity index (χ0v) is 10.7. The molecule has 0 aliphatic rings. The summed E-state index contributed by atoms with van der Waals surface area (Å²) in [5.74, 6) is -0.509. The van der Waals surface area contributed by atoms with Gasteiger partial charge in [0.25, 0.3) is 5.69 Å². The van der Waals surface area contributed by atoms with Crippen LogP contribution in [0.5, 0.6) is 0 Å². The van der Waals surface area contributed by atoms with E-state index < -0.39 is 10.8 Å². The van der Waals surface area contributed by atoms with E-state index in [2.05, 4.69) is 0 Å². The first kappa shape index (κ1) is 14.4. The van der Waals surface area contributed by atoms with Gasteiger partial charge in [-0.2, -0.15) is 5.26 Å². The van der Waals surface area contributed by atoms with Gasteiger partial charge in [-0.25, -0.2) is 0 Å². The van der Waals surface area contributed by atoms with Crippen LogP contribution in [0.2, 0.25) is 0 Å². The summed E-state index contributed by atoms with van der Waals surface area (Å²) in [5.41, 5.74) is 5.42. The summed E-state index contributed by atoms with van der Waals surface area (Å²) >= 11 is 0. The lowest BCUT2D eigenvalue weighted by Gasteiger charge is -2.27. The summed E-state index contributed by atoms with van der Waals surface area (Å²) in [6.45, 7) is 3.70. The van der Waals surface area contributed by atoms with Crippen molar-refractivity contribution in [2.45, 2.75) is 19.9 Å². The SMILES string of the molecule is CC(C)N(CC(N)=O)c1ccc([N+](=O)[O-])c(C#N)c1. The highest BCUT2D eigenvalue weighted by molar-refractivity contribution is 5.80. The predicted octanol–water partition coefficient (Wildman–Crippen LogP) is 1.17. The molecule has 1 rings (SSSR count). The molecule has 7 nitrogen and oxygen atoms in total. The number of benzene rings is 1. The Balaban J connectivity index is 3.23. The molecule has 0 unspecified atom stereocenters. The smallest absolute Gasteiger partial charge is 0.287 e. The van der Waals surface area contributed by atoms with Crippen molar-refractivity contribution in [1.29, 1.82) is 5.26 Å². The van der Waals surface area contributed by atoms with Gasteiger partial charge in [-0.1, -0.05) is 0 Å². The van der Waals surface area contributed by atoms with Crippen molar-refractivity contribution in [3.63, 3.8) is 0 Å². The molecule has 0 saturated carbocycles. The third-order valence-corrected chi connectivity index (χ3v) is 2.58. The second-order valence-corrected chi connectivity index (χ2v) is 4.26. The lowest BCUT2D eigenvalue weighted by atomic mass is 10.1. The lowest BCUT2D eigenvalue weighted by molar-refractivity contribution is -0.385. The number of nitro groups is 1. The van der Waals surface area contributed by atoms with E-state index in [9.17, 15) is 14.9 Å². The van der Waals surface area contributed by atoms with Crippen LogP contribution in [0.15, 0.2) is 18.2 Å². The van der Waals surface area contributed by atoms with Crippen molar-refractivity contribution >= 4 is 17.3 Å². The molecule has 19 heavy (non-hydrogen) atoms. The second-order valence-electron chi connectivity index (χ2n) is 4.26. The molecule has 0 aromatic heterocycles. The summed E-state index contributed by atoms with van der Waals surface area (Å²) < 4.78 is 0. The van der Waals surface area contributed by atoms with Crippen molar-refractivity contribution < 1.29 is 9.72 Å². The van der Waals surface area contributed by atoms with E-state index in [1.807, 2.05) is 13.8 Å². The molecule has 2 N–H and O–H groups in total. The summed E-state index contributed by atoms with van der Waals surface area (Å²) in [6.07, 6.45) is 0. The van der Waals surface area contributed by atoms with Crippen LogP contribution in [0, 0.1) is 21.4 Å². The number of rotatable bonds is 5. The zero-order valence-electron chi connectivity index (χ0n) is 10.7. The maximum Gasteiger partial charge on any atom is 0.287 e. The Kier molecular flexibility index (Phi) is 4.42. The topological polar surface area (TPSA) is 113 Å². The molecule has 1 aromatic carbocycles. The number of nitrogens with zero attached hydrogens (tertiary/aromatic N) is 3. The minimum Gasteiger partial charge on any atom is -0.368 e. The molecule has 0 heterocycles. The molecular formula is C12H14N4O3. The number of nitro benzene ring substituents is 1. The quantitative estimate of drug-likeness (QED) is 0.632. The Morgan fingerprint density at radius 3 is 2.63 bits per heavy atom. The molecule has 0 atom stereocenters. The Morgan fingerprint density at radius 1 is 1.58 bits per heavy atom. The van der Waals surface area contributed by atoms with Crippen LogP contribution in [-0.2, 0) is 4.79 Å². The minimum absolute atomic E-state index is 0.0135. The highest BCUT2D eigenvalue weighted by atomic mass is 16.6. The van der Waals surface area contributed by atoms with Gasteiger partial charge in [0, 0.05) is 17.8 Å². The van der Waals surface area contributed by atoms with Crippen LogP contribution >= 0.6 is 0 Å². The van der Waals surface area contributed by atoms with Gasteiger partial charge >= 0.3 is 0 Å². The fourth-order valence-electron chi connectivity index (χ4n) is 1.69. The summed E-state index contributed by atoms with van der Waals surface area (Å²) in [5, 5.41) is 19.7. The number of hydrogen-bond donors (Lipinski definition) is 1. The molecule has 7 heteroatoms. The Bertz CT molecular complexity index is 548. The number of nitriles is 1. The number of carbonyl (C=O) groups is 1. The van der Waals surface area contributed by atoms with E-state index in [0.717, 1.165) is 0 Å². The highest BCUT2D eigenvalue weighted by Gasteiger charge is 2.18. The number of anilines is 1. The standard InChI is InChI=1S/C12H14N4O3/c1-8(2)15(7-12(14)17)10-3-4-11(16(18)19)9(5-10)6-13/h3-5,8H,7H2,1-2H3,(H2,14,17). The normalized spacial score (nSPS) is 10.0. The molecule has 0 bridgehead atoms. The largest absolute Gasteiger partial charge is 0.368 e. The fourth-order valence-corrected chi connectivity index (χ4v) is 1.69. The number of hydrogen-bond acceptors (Lipinski definition) is 5. The molecule has 0 spiro atoms. The van der Waals surface area contributed by atoms with Crippen LogP contribution in [0.3, 0.4) is 0 Å². The first-order valence-corrected chi connectivity index (χ1v) is 5.60. The van der Waals surface area contributed by atoms with Gasteiger partial charge in [-0.3, -0.25) is 14.9 Å². The van der Waals surface area contributed by atoms with E-state index >= 15 is 0 Å². The number of carbonyl (C=O) groups excluding carboxylic acids is 1. The molecule has 1 amide bonds. The summed E-state index contributed by atoms with van der Waals surface area (Å²) in [7, 11) is 0. The highest BCUT2D eigenvalue weighted by Crippen LogP contribution is 2.25. The molecule has 0 aliphatic heterocycles. The van der Waals surface area contributed by atoms with Crippen LogP contribution < -0.4 is 10.6 Å². The predicted molar refractivity (Wildman–Crippen MR) is 69.5 cm³/mol. The van der Waals surface area contributed by atoms with Gasteiger partial charge in [-0.05, 0) is 26.0 Å². The maximum absolute atomic E-state index is 11.0. The Hall–Kier alpha value is -2.62. The number of nitrogens with two attached hydrogens (primary N) is 1. The van der Waals surface area contributed by atoms with Gasteiger partial charge in [0.1, 0.15) is 11.6 Å². The fraction of sp³-hybridized carbons (Fsp3) is 0.333.